The van der Waals surface area contributed by atoms with E-state index in [0.29, 0.717) is 17.9 Å². The minimum absolute atomic E-state index is 0.222. The molecular weight excluding hydrogens is 246 g/mol. The lowest BCUT2D eigenvalue weighted by Crippen LogP contribution is -2.49. The Morgan fingerprint density at radius 2 is 1.89 bits per heavy atom. The summed E-state index contributed by atoms with van der Waals surface area (Å²) in [7, 11) is 0. The molecule has 0 saturated heterocycles. The fourth-order valence-electron chi connectivity index (χ4n) is 2.52. The van der Waals surface area contributed by atoms with Crippen LogP contribution in [0.3, 0.4) is 0 Å². The average Bonchev–Trinajstić information content (AvgIpc) is 2.29. The van der Waals surface area contributed by atoms with E-state index in [2.05, 4.69) is 31.3 Å². The van der Waals surface area contributed by atoms with Crippen LogP contribution in [0.15, 0.2) is 24.3 Å². The van der Waals surface area contributed by atoms with E-state index in [1.807, 2.05) is 12.1 Å². The highest BCUT2D eigenvalue weighted by Gasteiger charge is 2.31. The SMILES string of the molecule is CC(C)[C@@H](CO)NC1CC(c2ccc(Cl)cc2)C1. The fourth-order valence-corrected chi connectivity index (χ4v) is 2.65. The van der Waals surface area contributed by atoms with E-state index >= 15 is 0 Å². The van der Waals surface area contributed by atoms with Gasteiger partial charge in [-0.1, -0.05) is 37.6 Å². The Balaban J connectivity index is 1.81. The molecule has 0 bridgehead atoms. The molecule has 0 spiro atoms. The number of aliphatic hydroxyl groups is 1. The van der Waals surface area contributed by atoms with Crippen LogP contribution in [0.2, 0.25) is 5.02 Å². The normalized spacial score (nSPS) is 24.9. The van der Waals surface area contributed by atoms with Gasteiger partial charge >= 0.3 is 0 Å². The summed E-state index contributed by atoms with van der Waals surface area (Å²) in [6.07, 6.45) is 2.32. The lowest BCUT2D eigenvalue weighted by Gasteiger charge is -2.39. The molecule has 1 aromatic carbocycles. The van der Waals surface area contributed by atoms with Crippen molar-refractivity contribution < 1.29 is 5.11 Å². The second-order valence-electron chi connectivity index (χ2n) is 5.62. The predicted octanol–water partition coefficient (Wildman–Crippen LogP) is 3.19. The van der Waals surface area contributed by atoms with Gasteiger partial charge in [0.1, 0.15) is 0 Å². The highest BCUT2D eigenvalue weighted by atomic mass is 35.5. The van der Waals surface area contributed by atoms with Gasteiger partial charge in [0.15, 0.2) is 0 Å². The molecule has 0 aliphatic heterocycles. The number of nitrogens with one attached hydrogen (secondary N) is 1. The molecule has 1 atom stereocenters. The van der Waals surface area contributed by atoms with Crippen molar-refractivity contribution in [1.82, 2.24) is 5.32 Å². The summed E-state index contributed by atoms with van der Waals surface area (Å²) < 4.78 is 0. The van der Waals surface area contributed by atoms with Gasteiger partial charge < -0.3 is 10.4 Å². The Hall–Kier alpha value is -0.570. The van der Waals surface area contributed by atoms with Gasteiger partial charge in [0.05, 0.1) is 6.61 Å². The van der Waals surface area contributed by atoms with E-state index < -0.39 is 0 Å². The Kier molecular flexibility index (Phi) is 4.66. The fraction of sp³-hybridized carbons (Fsp3) is 0.600. The van der Waals surface area contributed by atoms with Crippen molar-refractivity contribution >= 4 is 11.6 Å². The zero-order chi connectivity index (χ0) is 13.1. The summed E-state index contributed by atoms with van der Waals surface area (Å²) in [6.45, 7) is 4.51. The molecule has 2 nitrogen and oxygen atoms in total. The number of aliphatic hydroxyl groups excluding tert-OH is 1. The van der Waals surface area contributed by atoms with E-state index in [1.54, 1.807) is 0 Å². The number of rotatable bonds is 5. The van der Waals surface area contributed by atoms with E-state index in [9.17, 15) is 5.11 Å². The van der Waals surface area contributed by atoms with Crippen LogP contribution in [0, 0.1) is 5.92 Å². The van der Waals surface area contributed by atoms with Crippen molar-refractivity contribution in [3.63, 3.8) is 0 Å². The minimum Gasteiger partial charge on any atom is -0.395 e. The standard InChI is InChI=1S/C15H22ClNO/c1-10(2)15(9-18)17-14-7-12(8-14)11-3-5-13(16)6-4-11/h3-6,10,12,14-15,17-18H,7-9H2,1-2H3/t12?,14?,15-/m1/s1. The molecule has 2 N–H and O–H groups in total. The molecule has 0 aromatic heterocycles. The average molecular weight is 268 g/mol. The molecule has 0 amide bonds. The van der Waals surface area contributed by atoms with Gasteiger partial charge in [-0.3, -0.25) is 0 Å². The molecule has 0 unspecified atom stereocenters. The molecule has 0 heterocycles. The maximum atomic E-state index is 9.30. The summed E-state index contributed by atoms with van der Waals surface area (Å²) in [5.41, 5.74) is 1.38. The second-order valence-corrected chi connectivity index (χ2v) is 6.05. The Labute approximate surface area is 114 Å². The van der Waals surface area contributed by atoms with Crippen LogP contribution in [0.5, 0.6) is 0 Å². The van der Waals surface area contributed by atoms with Crippen LogP contribution >= 0.6 is 11.6 Å². The number of halogens is 1. The van der Waals surface area contributed by atoms with Gasteiger partial charge in [-0.05, 0) is 42.4 Å². The minimum atomic E-state index is 0.222. The van der Waals surface area contributed by atoms with Crippen molar-refractivity contribution in [2.24, 2.45) is 5.92 Å². The smallest absolute Gasteiger partial charge is 0.0587 e. The largest absolute Gasteiger partial charge is 0.395 e. The lowest BCUT2D eigenvalue weighted by molar-refractivity contribution is 0.169. The first kappa shape index (κ1) is 13.9. The summed E-state index contributed by atoms with van der Waals surface area (Å²) >= 11 is 5.89. The first-order valence-electron chi connectivity index (χ1n) is 6.72. The van der Waals surface area contributed by atoms with Crippen molar-refractivity contribution in [3.05, 3.63) is 34.9 Å². The highest BCUT2D eigenvalue weighted by Crippen LogP contribution is 2.37. The van der Waals surface area contributed by atoms with E-state index in [4.69, 9.17) is 11.6 Å². The van der Waals surface area contributed by atoms with Crippen LogP contribution in [0.1, 0.15) is 38.2 Å². The van der Waals surface area contributed by atoms with Crippen LogP contribution < -0.4 is 5.32 Å². The summed E-state index contributed by atoms with van der Waals surface area (Å²) in [5, 5.41) is 13.6. The Morgan fingerprint density at radius 3 is 2.39 bits per heavy atom. The Morgan fingerprint density at radius 1 is 1.28 bits per heavy atom. The molecule has 2 rings (SSSR count). The molecule has 1 aliphatic carbocycles. The van der Waals surface area contributed by atoms with Gasteiger partial charge in [0, 0.05) is 17.1 Å². The van der Waals surface area contributed by atoms with E-state index in [0.717, 1.165) is 17.9 Å². The van der Waals surface area contributed by atoms with Crippen molar-refractivity contribution in [1.29, 1.82) is 0 Å². The maximum absolute atomic E-state index is 9.30. The van der Waals surface area contributed by atoms with Crippen LogP contribution in [0.4, 0.5) is 0 Å². The molecule has 1 aromatic rings. The molecule has 18 heavy (non-hydrogen) atoms. The topological polar surface area (TPSA) is 32.3 Å². The number of benzene rings is 1. The van der Waals surface area contributed by atoms with Crippen LogP contribution in [-0.4, -0.2) is 23.8 Å². The van der Waals surface area contributed by atoms with Gasteiger partial charge in [-0.2, -0.15) is 0 Å². The monoisotopic (exact) mass is 267 g/mol. The van der Waals surface area contributed by atoms with Crippen molar-refractivity contribution in [2.45, 2.75) is 44.7 Å². The van der Waals surface area contributed by atoms with Crippen molar-refractivity contribution in [2.75, 3.05) is 6.61 Å². The van der Waals surface area contributed by atoms with Crippen LogP contribution in [0.25, 0.3) is 0 Å². The molecular formula is C15H22ClNO. The molecule has 1 fully saturated rings. The van der Waals surface area contributed by atoms with E-state index in [1.165, 1.54) is 5.56 Å². The lowest BCUT2D eigenvalue weighted by atomic mass is 9.75. The van der Waals surface area contributed by atoms with Crippen LogP contribution in [-0.2, 0) is 0 Å². The third kappa shape index (κ3) is 3.25. The summed E-state index contributed by atoms with van der Waals surface area (Å²) in [4.78, 5) is 0. The Bertz CT molecular complexity index is 371. The van der Waals surface area contributed by atoms with E-state index in [-0.39, 0.29) is 12.6 Å². The number of hydrogen-bond donors (Lipinski definition) is 2. The third-order valence-corrected chi connectivity index (χ3v) is 4.18. The first-order chi connectivity index (χ1) is 8.60. The summed E-state index contributed by atoms with van der Waals surface area (Å²) in [5.74, 6) is 1.12. The van der Waals surface area contributed by atoms with Gasteiger partial charge in [0.25, 0.3) is 0 Å². The molecule has 3 heteroatoms. The van der Waals surface area contributed by atoms with Gasteiger partial charge in [-0.25, -0.2) is 0 Å². The summed E-state index contributed by atoms with van der Waals surface area (Å²) in [6, 6.07) is 8.93. The van der Waals surface area contributed by atoms with Gasteiger partial charge in [0.2, 0.25) is 0 Å². The van der Waals surface area contributed by atoms with Crippen molar-refractivity contribution in [3.8, 4) is 0 Å². The molecule has 1 saturated carbocycles. The quantitative estimate of drug-likeness (QED) is 0.859. The molecule has 0 radical (unpaired) electrons. The molecule has 100 valence electrons. The maximum Gasteiger partial charge on any atom is 0.0587 e. The number of hydrogen-bond acceptors (Lipinski definition) is 2. The first-order valence-corrected chi connectivity index (χ1v) is 7.10. The third-order valence-electron chi connectivity index (χ3n) is 3.93. The van der Waals surface area contributed by atoms with Gasteiger partial charge in [-0.15, -0.1) is 0 Å². The zero-order valence-corrected chi connectivity index (χ0v) is 11.8. The predicted molar refractivity (Wildman–Crippen MR) is 76.1 cm³/mol. The zero-order valence-electron chi connectivity index (χ0n) is 11.1. The second kappa shape index (κ2) is 6.05. The molecule has 1 aliphatic rings. The highest BCUT2D eigenvalue weighted by molar-refractivity contribution is 6.30.